The average molecular weight is 594 g/mol. The van der Waals surface area contributed by atoms with E-state index >= 15 is 0 Å². The van der Waals surface area contributed by atoms with E-state index in [4.69, 9.17) is 34.0 Å². The zero-order valence-corrected chi connectivity index (χ0v) is 24.6. The number of carbonyl (C=O) groups excluding carboxylic acids is 3. The van der Waals surface area contributed by atoms with Gasteiger partial charge in [0.2, 0.25) is 22.1 Å². The number of carboxylic acids is 1. The molecule has 2 aromatic heterocycles. The normalized spacial score (nSPS) is 9.84. The highest BCUT2D eigenvalue weighted by atomic mass is 35.5. The Labute approximate surface area is 238 Å². The van der Waals surface area contributed by atoms with Crippen molar-refractivity contribution in [2.24, 2.45) is 5.92 Å². The summed E-state index contributed by atoms with van der Waals surface area (Å²) < 4.78 is 0. The predicted octanol–water partition coefficient (Wildman–Crippen LogP) is 4.42. The molecule has 0 spiro atoms. The van der Waals surface area contributed by atoms with E-state index in [9.17, 15) is 19.2 Å². The Morgan fingerprint density at radius 3 is 1.89 bits per heavy atom. The van der Waals surface area contributed by atoms with E-state index in [0.717, 1.165) is 12.1 Å². The Kier molecular flexibility index (Phi) is 18.8. The van der Waals surface area contributed by atoms with Crippen LogP contribution in [-0.2, 0) is 32.0 Å². The summed E-state index contributed by atoms with van der Waals surface area (Å²) in [7, 11) is 0. The van der Waals surface area contributed by atoms with Gasteiger partial charge in [-0.3, -0.25) is 14.4 Å². The van der Waals surface area contributed by atoms with Crippen LogP contribution in [0.5, 0.6) is 0 Å². The molecule has 0 amide bonds. The molecule has 0 aromatic carbocycles. The van der Waals surface area contributed by atoms with E-state index in [1.54, 1.807) is 13.1 Å². The Hall–Kier alpha value is -2.89. The number of nitrogen functional groups attached to an aromatic ring is 1. The van der Waals surface area contributed by atoms with Crippen LogP contribution in [0.25, 0.3) is 0 Å². The number of rotatable bonds is 10. The maximum Gasteiger partial charge on any atom is 0.372 e. The van der Waals surface area contributed by atoms with Gasteiger partial charge in [-0.25, -0.2) is 24.7 Å². The number of aromatic nitrogens is 4. The molecule has 2 rings (SSSR count). The molecule has 0 aliphatic heterocycles. The lowest BCUT2D eigenvalue weighted by atomic mass is 10.1. The van der Waals surface area contributed by atoms with E-state index in [1.165, 1.54) is 13.1 Å². The van der Waals surface area contributed by atoms with Gasteiger partial charge in [0, 0.05) is 37.1 Å². The number of hydrogen-bond acceptors (Lipinski definition) is 10. The number of Topliss-reactive ketones (excluding diaryl/α,β-unsaturated/α-hetero) is 3. The van der Waals surface area contributed by atoms with Gasteiger partial charge in [0.1, 0.15) is 5.82 Å². The predicted molar refractivity (Wildman–Crippen MR) is 150 cm³/mol. The first-order chi connectivity index (χ1) is 17.2. The number of aliphatic carboxylic acids is 1. The SMILES string of the molecule is CC(C)Cc1nc(Cl)ncc1N.CCC(=O)C(=O)Cc1cnc(Cl)nc1NC(C)C.CCC(=O)C(=O)O.Cl. The highest BCUT2D eigenvalue weighted by Crippen LogP contribution is 2.16. The van der Waals surface area contributed by atoms with Crippen LogP contribution in [0, 0.1) is 5.92 Å². The summed E-state index contributed by atoms with van der Waals surface area (Å²) in [6.45, 7) is 11.3. The maximum absolute atomic E-state index is 11.6. The van der Waals surface area contributed by atoms with Crippen LogP contribution >= 0.6 is 35.6 Å². The number of anilines is 2. The monoisotopic (exact) mass is 592 g/mol. The van der Waals surface area contributed by atoms with Gasteiger partial charge < -0.3 is 16.2 Å². The Balaban J connectivity index is 0. The number of hydrogen-bond donors (Lipinski definition) is 3. The van der Waals surface area contributed by atoms with E-state index in [-0.39, 0.29) is 54.1 Å². The van der Waals surface area contributed by atoms with Crippen molar-refractivity contribution in [3.8, 4) is 0 Å². The molecule has 0 saturated carbocycles. The molecule has 0 unspecified atom stereocenters. The molecule has 0 bridgehead atoms. The minimum absolute atomic E-state index is 0. The van der Waals surface area contributed by atoms with Crippen molar-refractivity contribution in [1.29, 1.82) is 0 Å². The first-order valence-electron chi connectivity index (χ1n) is 11.6. The molecule has 0 aliphatic carbocycles. The van der Waals surface area contributed by atoms with Crippen LogP contribution in [0.1, 0.15) is 65.6 Å². The lowest BCUT2D eigenvalue weighted by Gasteiger charge is -2.12. The Morgan fingerprint density at radius 2 is 1.45 bits per heavy atom. The highest BCUT2D eigenvalue weighted by Gasteiger charge is 2.16. The maximum atomic E-state index is 11.6. The lowest BCUT2D eigenvalue weighted by Crippen LogP contribution is -2.19. The fraction of sp³-hybridized carbons (Fsp3) is 0.500. The quantitative estimate of drug-likeness (QED) is 0.262. The van der Waals surface area contributed by atoms with Crippen molar-refractivity contribution in [2.75, 3.05) is 11.1 Å². The zero-order valence-electron chi connectivity index (χ0n) is 22.2. The lowest BCUT2D eigenvalue weighted by molar-refractivity contribution is -0.148. The largest absolute Gasteiger partial charge is 0.476 e. The minimum Gasteiger partial charge on any atom is -0.476 e. The summed E-state index contributed by atoms with van der Waals surface area (Å²) in [5, 5.41) is 11.3. The molecule has 2 aromatic rings. The second kappa shape index (κ2) is 19.2. The van der Waals surface area contributed by atoms with Gasteiger partial charge in [0.15, 0.2) is 5.78 Å². The molecule has 14 heteroatoms. The summed E-state index contributed by atoms with van der Waals surface area (Å²) in [6, 6.07) is 0.145. The summed E-state index contributed by atoms with van der Waals surface area (Å²) in [6.07, 6.45) is 4.15. The van der Waals surface area contributed by atoms with Gasteiger partial charge in [-0.2, -0.15) is 0 Å². The topological polar surface area (TPSA) is 178 Å². The summed E-state index contributed by atoms with van der Waals surface area (Å²) in [4.78, 5) is 58.1. The fourth-order valence-corrected chi connectivity index (χ4v) is 2.77. The molecular formula is C24H35Cl3N6O5. The van der Waals surface area contributed by atoms with Crippen molar-refractivity contribution < 1.29 is 24.3 Å². The number of halogens is 3. The molecule has 212 valence electrons. The summed E-state index contributed by atoms with van der Waals surface area (Å²) in [5.41, 5.74) is 7.69. The third-order valence-corrected chi connectivity index (χ3v) is 4.64. The van der Waals surface area contributed by atoms with Crippen molar-refractivity contribution in [1.82, 2.24) is 19.9 Å². The van der Waals surface area contributed by atoms with Crippen molar-refractivity contribution >= 4 is 70.4 Å². The van der Waals surface area contributed by atoms with Gasteiger partial charge in [-0.15, -0.1) is 12.4 Å². The number of ketones is 3. The Bertz CT molecular complexity index is 1080. The molecule has 38 heavy (non-hydrogen) atoms. The van der Waals surface area contributed by atoms with Crippen LogP contribution in [0.4, 0.5) is 11.5 Å². The van der Waals surface area contributed by atoms with E-state index in [1.807, 2.05) is 13.8 Å². The summed E-state index contributed by atoms with van der Waals surface area (Å²) in [5.74, 6) is -1.88. The first-order valence-corrected chi connectivity index (χ1v) is 12.3. The van der Waals surface area contributed by atoms with Crippen molar-refractivity contribution in [3.63, 3.8) is 0 Å². The number of nitrogens with one attached hydrogen (secondary N) is 1. The Morgan fingerprint density at radius 1 is 0.921 bits per heavy atom. The van der Waals surface area contributed by atoms with Crippen LogP contribution in [-0.4, -0.2) is 54.4 Å². The van der Waals surface area contributed by atoms with E-state index < -0.39 is 17.5 Å². The molecule has 11 nitrogen and oxygen atoms in total. The first kappa shape index (κ1) is 37.3. The van der Waals surface area contributed by atoms with Crippen LogP contribution in [0.15, 0.2) is 12.4 Å². The molecule has 0 aliphatic rings. The number of carboxylic acid groups (broad SMARTS) is 1. The standard InChI is InChI=1S/C12H16ClN3O2.C8H12ClN3.C4H6O3.ClH/c1-4-9(17)10(18)5-8-6-14-12(13)16-11(8)15-7(2)3;1-5(2)3-7-6(10)4-11-8(9)12-7;1-2-3(5)4(6)7;/h6-7H,4-5H2,1-3H3,(H,14,15,16);4-5H,3,10H2,1-2H3;2H2,1H3,(H,6,7);1H. The van der Waals surface area contributed by atoms with Crippen LogP contribution in [0.3, 0.4) is 0 Å². The average Bonchev–Trinajstić information content (AvgIpc) is 2.82. The fourth-order valence-electron chi connectivity index (χ4n) is 2.49. The molecule has 0 radical (unpaired) electrons. The van der Waals surface area contributed by atoms with Gasteiger partial charge in [-0.1, -0.05) is 27.7 Å². The molecule has 0 atom stereocenters. The smallest absolute Gasteiger partial charge is 0.372 e. The molecular weight excluding hydrogens is 559 g/mol. The van der Waals surface area contributed by atoms with Gasteiger partial charge in [-0.05, 0) is 49.4 Å². The number of nitrogens with two attached hydrogens (primary N) is 1. The molecule has 4 N–H and O–H groups in total. The third-order valence-electron chi connectivity index (χ3n) is 4.28. The van der Waals surface area contributed by atoms with E-state index in [0.29, 0.717) is 23.0 Å². The number of carbonyl (C=O) groups is 4. The van der Waals surface area contributed by atoms with Crippen LogP contribution < -0.4 is 11.1 Å². The van der Waals surface area contributed by atoms with Gasteiger partial charge in [0.25, 0.3) is 0 Å². The molecule has 2 heterocycles. The summed E-state index contributed by atoms with van der Waals surface area (Å²) >= 11 is 11.3. The zero-order chi connectivity index (χ0) is 28.7. The van der Waals surface area contributed by atoms with Gasteiger partial charge >= 0.3 is 5.97 Å². The second-order valence-corrected chi connectivity index (χ2v) is 9.09. The molecule has 0 fully saturated rings. The van der Waals surface area contributed by atoms with Crippen molar-refractivity contribution in [3.05, 3.63) is 34.2 Å². The molecule has 0 saturated heterocycles. The minimum atomic E-state index is -1.34. The second-order valence-electron chi connectivity index (χ2n) is 8.41. The third kappa shape index (κ3) is 15.4. The highest BCUT2D eigenvalue weighted by molar-refractivity contribution is 6.37. The number of nitrogens with zero attached hydrogens (tertiary/aromatic N) is 4. The van der Waals surface area contributed by atoms with Crippen molar-refractivity contribution in [2.45, 2.75) is 73.3 Å². The van der Waals surface area contributed by atoms with Crippen LogP contribution in [0.2, 0.25) is 10.6 Å². The van der Waals surface area contributed by atoms with Gasteiger partial charge in [0.05, 0.1) is 17.6 Å². The van der Waals surface area contributed by atoms with E-state index in [2.05, 4.69) is 39.1 Å².